The number of hydrogen-bond acceptors (Lipinski definition) is 4. The van der Waals surface area contributed by atoms with Gasteiger partial charge in [0.05, 0.1) is 24.4 Å². The number of anilines is 1. The number of amides is 1. The number of halogens is 5. The second-order valence-corrected chi connectivity index (χ2v) is 10.8. The molecule has 1 fully saturated rings. The van der Waals surface area contributed by atoms with E-state index in [4.69, 9.17) is 4.74 Å². The highest BCUT2D eigenvalue weighted by atomic mass is 32.5. The van der Waals surface area contributed by atoms with E-state index < -0.39 is 26.9 Å². The first kappa shape index (κ1) is 23.3. The fourth-order valence-electron chi connectivity index (χ4n) is 3.97. The molecule has 12 heteroatoms. The van der Waals surface area contributed by atoms with Gasteiger partial charge in [-0.2, -0.15) is 5.10 Å². The zero-order valence-electron chi connectivity index (χ0n) is 17.9. The fraction of sp³-hybridized carbons (Fsp3) is 0.381. The Hall–Kier alpha value is -2.89. The van der Waals surface area contributed by atoms with Gasteiger partial charge in [0.1, 0.15) is 11.4 Å². The highest BCUT2D eigenvalue weighted by Crippen LogP contribution is 3.01. The number of hydrogen-bond donors (Lipinski definition) is 1. The number of methoxy groups -OCH3 is 1. The number of aromatic nitrogens is 3. The number of ether oxygens (including phenoxy) is 1. The van der Waals surface area contributed by atoms with E-state index in [1.54, 1.807) is 12.1 Å². The van der Waals surface area contributed by atoms with E-state index in [2.05, 4.69) is 22.3 Å². The predicted octanol–water partition coefficient (Wildman–Crippen LogP) is 7.10. The molecular weight excluding hydrogens is 467 g/mol. The summed E-state index contributed by atoms with van der Waals surface area (Å²) in [5, 5.41) is 5.34. The van der Waals surface area contributed by atoms with E-state index >= 15 is 0 Å². The Balaban J connectivity index is 1.63. The number of benzene rings is 1. The van der Waals surface area contributed by atoms with Gasteiger partial charge in [-0.15, -0.1) is 0 Å². The summed E-state index contributed by atoms with van der Waals surface area (Å²) in [6.07, 6.45) is 6.07. The second-order valence-electron chi connectivity index (χ2n) is 8.42. The van der Waals surface area contributed by atoms with E-state index in [1.165, 1.54) is 7.11 Å². The van der Waals surface area contributed by atoms with Gasteiger partial charge in [0, 0.05) is 17.6 Å². The number of nitrogens with one attached hydrogen (secondary N) is 1. The van der Waals surface area contributed by atoms with Gasteiger partial charge >= 0.3 is 10.2 Å². The Morgan fingerprint density at radius 1 is 1.12 bits per heavy atom. The normalized spacial score (nSPS) is 21.3. The molecule has 1 aliphatic carbocycles. The van der Waals surface area contributed by atoms with Crippen LogP contribution in [0.2, 0.25) is 0 Å². The zero-order valence-corrected chi connectivity index (χ0v) is 18.7. The fourth-order valence-corrected chi connectivity index (χ4v) is 4.58. The summed E-state index contributed by atoms with van der Waals surface area (Å²) in [7, 11) is -8.65. The van der Waals surface area contributed by atoms with Crippen molar-refractivity contribution >= 4 is 32.7 Å². The lowest BCUT2D eigenvalue weighted by Gasteiger charge is -2.39. The molecule has 1 saturated carbocycles. The van der Waals surface area contributed by atoms with E-state index in [1.807, 2.05) is 10.9 Å². The van der Waals surface area contributed by atoms with Gasteiger partial charge in [-0.25, -0.2) is 4.98 Å². The topological polar surface area (TPSA) is 69.0 Å². The number of fused-ring (bicyclic) bond motifs is 1. The van der Waals surface area contributed by atoms with Crippen molar-refractivity contribution in [2.24, 2.45) is 5.92 Å². The highest BCUT2D eigenvalue weighted by Gasteiger charge is 2.67. The van der Waals surface area contributed by atoms with Crippen molar-refractivity contribution in [2.75, 3.05) is 12.4 Å². The molecule has 2 aromatic heterocycles. The molecule has 33 heavy (non-hydrogen) atoms. The summed E-state index contributed by atoms with van der Waals surface area (Å²) in [5.74, 6) is -0.174. The first-order valence-corrected chi connectivity index (χ1v) is 12.3. The Bertz CT molecular complexity index is 1220. The lowest BCUT2D eigenvalue weighted by Crippen LogP contribution is -2.17. The van der Waals surface area contributed by atoms with Crippen molar-refractivity contribution in [3.05, 3.63) is 42.2 Å². The number of rotatable bonds is 5. The SMILES string of the molecule is COc1cc2nn([C@H]3CC[C@H](C)CC3)cc2cc1NC(=O)c1cccc(S(F)(F)(F)(F)F)n1. The molecule has 1 amide bonds. The van der Waals surface area contributed by atoms with Crippen molar-refractivity contribution in [2.45, 2.75) is 43.7 Å². The summed E-state index contributed by atoms with van der Waals surface area (Å²) in [5.41, 5.74) is -0.00853. The van der Waals surface area contributed by atoms with Crippen LogP contribution in [-0.4, -0.2) is 27.8 Å². The van der Waals surface area contributed by atoms with E-state index in [9.17, 15) is 24.2 Å². The van der Waals surface area contributed by atoms with Crippen molar-refractivity contribution in [3.8, 4) is 5.75 Å². The Morgan fingerprint density at radius 3 is 2.45 bits per heavy atom. The van der Waals surface area contributed by atoms with Gasteiger partial charge in [-0.1, -0.05) is 32.4 Å². The molecule has 4 rings (SSSR count). The van der Waals surface area contributed by atoms with Crippen LogP contribution in [0, 0.1) is 5.92 Å². The van der Waals surface area contributed by atoms with Crippen molar-refractivity contribution in [3.63, 3.8) is 0 Å². The molecule has 0 spiro atoms. The van der Waals surface area contributed by atoms with Crippen LogP contribution in [0.25, 0.3) is 10.9 Å². The van der Waals surface area contributed by atoms with Crippen LogP contribution < -0.4 is 10.1 Å². The van der Waals surface area contributed by atoms with Crippen LogP contribution in [0.5, 0.6) is 5.75 Å². The maximum absolute atomic E-state index is 13.1. The van der Waals surface area contributed by atoms with Crippen LogP contribution in [-0.2, 0) is 0 Å². The van der Waals surface area contributed by atoms with Crippen LogP contribution in [0.4, 0.5) is 25.1 Å². The summed E-state index contributed by atoms with van der Waals surface area (Å²) in [6, 6.07) is 5.23. The molecule has 0 aliphatic heterocycles. The predicted molar refractivity (Wildman–Crippen MR) is 117 cm³/mol. The molecule has 1 aromatic carbocycles. The lowest BCUT2D eigenvalue weighted by atomic mass is 9.87. The van der Waals surface area contributed by atoms with Gasteiger partial charge < -0.3 is 10.1 Å². The van der Waals surface area contributed by atoms with E-state index in [-0.39, 0.29) is 23.5 Å². The minimum Gasteiger partial charge on any atom is -0.494 e. The molecule has 0 unspecified atom stereocenters. The Kier molecular flexibility index (Phi) is 5.15. The Labute approximate surface area is 186 Å². The third kappa shape index (κ3) is 5.05. The third-order valence-corrected chi connectivity index (χ3v) is 6.82. The van der Waals surface area contributed by atoms with Crippen molar-refractivity contribution in [1.29, 1.82) is 0 Å². The maximum atomic E-state index is 13.1. The van der Waals surface area contributed by atoms with Gasteiger partial charge in [0.25, 0.3) is 5.91 Å². The molecule has 0 atom stereocenters. The second kappa shape index (κ2) is 7.31. The van der Waals surface area contributed by atoms with Crippen molar-refractivity contribution in [1.82, 2.24) is 14.8 Å². The van der Waals surface area contributed by atoms with Gasteiger partial charge in [0.2, 0.25) is 0 Å². The number of carbonyl (C=O) groups is 1. The molecule has 0 bridgehead atoms. The third-order valence-electron chi connectivity index (χ3n) is 5.80. The van der Waals surface area contributed by atoms with Gasteiger partial charge in [0.15, 0.2) is 5.03 Å². The van der Waals surface area contributed by atoms with Crippen molar-refractivity contribution < 1.29 is 29.0 Å². The van der Waals surface area contributed by atoms with Crippen LogP contribution in [0.3, 0.4) is 0 Å². The molecule has 1 N–H and O–H groups in total. The summed E-state index contributed by atoms with van der Waals surface area (Å²) < 4.78 is 72.5. The summed E-state index contributed by atoms with van der Waals surface area (Å²) >= 11 is 0. The Morgan fingerprint density at radius 2 is 1.82 bits per heavy atom. The number of pyridine rings is 1. The molecule has 0 saturated heterocycles. The monoisotopic (exact) mass is 490 g/mol. The molecule has 1 aliphatic rings. The zero-order chi connectivity index (χ0) is 24.1. The highest BCUT2D eigenvalue weighted by molar-refractivity contribution is 8.45. The molecule has 6 nitrogen and oxygen atoms in total. The standard InChI is InChI=1S/C21H23F5N4O2S/c1-13-6-8-15(9-7-13)30-12-14-10-18(19(32-2)11-17(14)29-30)28-21(31)16-4-3-5-20(27-16)33(22,23,24,25)26/h3-5,10-13,15H,6-9H2,1-2H3,(H,28,31)/t13-,15-. The number of nitrogens with zero attached hydrogens (tertiary/aromatic N) is 3. The van der Waals surface area contributed by atoms with Crippen LogP contribution >= 0.6 is 10.2 Å². The average molecular weight is 490 g/mol. The average Bonchev–Trinajstić information content (AvgIpc) is 3.15. The van der Waals surface area contributed by atoms with E-state index in [0.717, 1.165) is 31.7 Å². The quantitative estimate of drug-likeness (QED) is 0.387. The molecule has 3 aromatic rings. The lowest BCUT2D eigenvalue weighted by molar-refractivity contribution is 0.102. The molecular formula is C21H23F5N4O2S. The first-order valence-electron chi connectivity index (χ1n) is 10.3. The molecule has 180 valence electrons. The minimum absolute atomic E-state index is 0.144. The largest absolute Gasteiger partial charge is 0.494 e. The maximum Gasteiger partial charge on any atom is 0.325 e. The first-order chi connectivity index (χ1) is 15.2. The van der Waals surface area contributed by atoms with Gasteiger partial charge in [-0.3, -0.25) is 9.48 Å². The van der Waals surface area contributed by atoms with Crippen LogP contribution in [0.15, 0.2) is 41.6 Å². The summed E-state index contributed by atoms with van der Waals surface area (Å²) in [4.78, 5) is 15.4. The van der Waals surface area contributed by atoms with Gasteiger partial charge in [-0.05, 0) is 49.8 Å². The number of carbonyl (C=O) groups excluding carboxylic acids is 1. The summed E-state index contributed by atoms with van der Waals surface area (Å²) in [6.45, 7) is 2.22. The van der Waals surface area contributed by atoms with Crippen LogP contribution in [0.1, 0.15) is 49.1 Å². The van der Waals surface area contributed by atoms with E-state index in [0.29, 0.717) is 22.9 Å². The molecule has 2 heterocycles. The smallest absolute Gasteiger partial charge is 0.325 e. The minimum atomic E-state index is -10.0. The molecule has 0 radical (unpaired) electrons.